The monoisotopic (exact) mass is 391 g/mol. The molecule has 0 saturated heterocycles. The van der Waals surface area contributed by atoms with Crippen LogP contribution in [0.1, 0.15) is 25.0 Å². The van der Waals surface area contributed by atoms with Gasteiger partial charge in [0, 0.05) is 21.8 Å². The summed E-state index contributed by atoms with van der Waals surface area (Å²) in [5, 5.41) is 0.896. The zero-order chi connectivity index (χ0) is 18.8. The molecule has 1 amide bonds. The molecule has 0 fully saturated rings. The van der Waals surface area contributed by atoms with E-state index in [1.54, 1.807) is 30.0 Å². The van der Waals surface area contributed by atoms with Gasteiger partial charge in [-0.2, -0.15) is 0 Å². The quantitative estimate of drug-likeness (QED) is 0.723. The maximum atomic E-state index is 12.8. The van der Waals surface area contributed by atoms with Crippen molar-refractivity contribution in [3.8, 4) is 0 Å². The molecule has 1 aliphatic heterocycles. The molecular weight excluding hydrogens is 373 g/mol. The van der Waals surface area contributed by atoms with Gasteiger partial charge in [-0.1, -0.05) is 47.5 Å². The van der Waals surface area contributed by atoms with Crippen LogP contribution < -0.4 is 4.90 Å². The van der Waals surface area contributed by atoms with E-state index < -0.39 is 12.1 Å². The van der Waals surface area contributed by atoms with E-state index in [0.29, 0.717) is 15.6 Å². The molecule has 0 N–H and O–H groups in total. The van der Waals surface area contributed by atoms with E-state index in [0.717, 1.165) is 17.7 Å². The predicted molar refractivity (Wildman–Crippen MR) is 103 cm³/mol. The lowest BCUT2D eigenvalue weighted by Gasteiger charge is -2.26. The fourth-order valence-corrected chi connectivity index (χ4v) is 3.68. The number of nitrogens with zero attached hydrogens (tertiary/aromatic N) is 1. The first-order chi connectivity index (χ1) is 12.4. The number of esters is 1. The first-order valence-electron chi connectivity index (χ1n) is 8.41. The van der Waals surface area contributed by atoms with Crippen LogP contribution in [0.3, 0.4) is 0 Å². The number of para-hydroxylation sites is 1. The average molecular weight is 392 g/mol. The summed E-state index contributed by atoms with van der Waals surface area (Å²) in [6, 6.07) is 12.7. The van der Waals surface area contributed by atoms with Crippen molar-refractivity contribution in [1.29, 1.82) is 0 Å². The van der Waals surface area contributed by atoms with Gasteiger partial charge in [0.1, 0.15) is 0 Å². The van der Waals surface area contributed by atoms with Gasteiger partial charge < -0.3 is 9.64 Å². The van der Waals surface area contributed by atoms with Gasteiger partial charge in [-0.05, 0) is 49.6 Å². The van der Waals surface area contributed by atoms with Gasteiger partial charge in [-0.3, -0.25) is 9.59 Å². The van der Waals surface area contributed by atoms with Crippen LogP contribution in [0, 0.1) is 0 Å². The molecule has 0 aromatic heterocycles. The lowest BCUT2D eigenvalue weighted by atomic mass is 10.1. The summed E-state index contributed by atoms with van der Waals surface area (Å²) in [5.74, 6) is -0.729. The average Bonchev–Trinajstić information content (AvgIpc) is 2.92. The number of rotatable bonds is 4. The van der Waals surface area contributed by atoms with Crippen molar-refractivity contribution in [3.05, 3.63) is 63.6 Å². The molecule has 1 aliphatic rings. The number of carbonyl (C=O) groups is 2. The minimum atomic E-state index is -0.873. The van der Waals surface area contributed by atoms with Crippen molar-refractivity contribution in [2.75, 3.05) is 4.90 Å². The van der Waals surface area contributed by atoms with Gasteiger partial charge in [0.2, 0.25) is 0 Å². The topological polar surface area (TPSA) is 46.6 Å². The van der Waals surface area contributed by atoms with Crippen molar-refractivity contribution in [3.63, 3.8) is 0 Å². The summed E-state index contributed by atoms with van der Waals surface area (Å²) in [6.45, 7) is 3.58. The Bertz CT molecular complexity index is 853. The molecule has 26 heavy (non-hydrogen) atoms. The van der Waals surface area contributed by atoms with Crippen molar-refractivity contribution in [1.82, 2.24) is 0 Å². The summed E-state index contributed by atoms with van der Waals surface area (Å²) < 4.78 is 5.36. The third-order valence-electron chi connectivity index (χ3n) is 4.45. The molecule has 0 radical (unpaired) electrons. The van der Waals surface area contributed by atoms with Gasteiger partial charge in [0.25, 0.3) is 5.91 Å². The Morgan fingerprint density at radius 2 is 1.96 bits per heavy atom. The number of benzene rings is 2. The van der Waals surface area contributed by atoms with E-state index in [4.69, 9.17) is 27.9 Å². The molecule has 0 bridgehead atoms. The fraction of sp³-hybridized carbons (Fsp3) is 0.300. The zero-order valence-corrected chi connectivity index (χ0v) is 16.1. The molecule has 0 spiro atoms. The summed E-state index contributed by atoms with van der Waals surface area (Å²) in [5.41, 5.74) is 2.62. The lowest BCUT2D eigenvalue weighted by molar-refractivity contribution is -0.153. The molecular formula is C20H19Cl2NO3. The minimum Gasteiger partial charge on any atom is -0.452 e. The van der Waals surface area contributed by atoms with Crippen molar-refractivity contribution in [2.24, 2.45) is 0 Å². The molecule has 2 aromatic rings. The number of carbonyl (C=O) groups excluding carboxylic acids is 2. The zero-order valence-electron chi connectivity index (χ0n) is 14.5. The van der Waals surface area contributed by atoms with Crippen LogP contribution in [0.25, 0.3) is 0 Å². The number of hydrogen-bond acceptors (Lipinski definition) is 3. The summed E-state index contributed by atoms with van der Waals surface area (Å²) >= 11 is 11.9. The van der Waals surface area contributed by atoms with E-state index in [1.807, 2.05) is 31.2 Å². The van der Waals surface area contributed by atoms with Crippen LogP contribution >= 0.6 is 23.2 Å². The fourth-order valence-electron chi connectivity index (χ4n) is 3.21. The summed E-state index contributed by atoms with van der Waals surface area (Å²) in [4.78, 5) is 26.8. The number of fused-ring (bicyclic) bond motifs is 1. The molecule has 2 aromatic carbocycles. The predicted octanol–water partition coefficient (Wildman–Crippen LogP) is 4.45. The van der Waals surface area contributed by atoms with E-state index >= 15 is 0 Å². The van der Waals surface area contributed by atoms with Gasteiger partial charge in [0.05, 0.1) is 6.42 Å². The largest absolute Gasteiger partial charge is 0.452 e. The number of hydrogen-bond donors (Lipinski definition) is 0. The normalized spacial score (nSPS) is 16.9. The maximum absolute atomic E-state index is 12.8. The third-order valence-corrected chi connectivity index (χ3v) is 5.04. The second kappa shape index (κ2) is 7.68. The smallest absolute Gasteiger partial charge is 0.311 e. The van der Waals surface area contributed by atoms with E-state index in [2.05, 4.69) is 0 Å². The molecule has 1 heterocycles. The number of anilines is 1. The Labute approximate surface area is 162 Å². The van der Waals surface area contributed by atoms with Crippen LogP contribution in [-0.2, 0) is 27.2 Å². The van der Waals surface area contributed by atoms with E-state index in [-0.39, 0.29) is 18.4 Å². The summed E-state index contributed by atoms with van der Waals surface area (Å²) in [6.07, 6.45) is -0.0925. The van der Waals surface area contributed by atoms with Gasteiger partial charge in [-0.25, -0.2) is 0 Å². The number of ether oxygens (including phenoxy) is 1. The highest BCUT2D eigenvalue weighted by atomic mass is 35.5. The molecule has 0 unspecified atom stereocenters. The summed E-state index contributed by atoms with van der Waals surface area (Å²) in [7, 11) is 0. The highest BCUT2D eigenvalue weighted by molar-refractivity contribution is 6.35. The van der Waals surface area contributed by atoms with Crippen LogP contribution in [0.15, 0.2) is 42.5 Å². The van der Waals surface area contributed by atoms with E-state index in [9.17, 15) is 9.59 Å². The Morgan fingerprint density at radius 3 is 2.69 bits per heavy atom. The van der Waals surface area contributed by atoms with Crippen LogP contribution in [0.5, 0.6) is 0 Å². The van der Waals surface area contributed by atoms with Gasteiger partial charge in [-0.15, -0.1) is 0 Å². The maximum Gasteiger partial charge on any atom is 0.311 e. The molecule has 136 valence electrons. The first-order valence-corrected chi connectivity index (χ1v) is 9.17. The molecule has 0 saturated carbocycles. The molecule has 3 rings (SSSR count). The van der Waals surface area contributed by atoms with Crippen LogP contribution in [-0.4, -0.2) is 24.0 Å². The third kappa shape index (κ3) is 3.87. The SMILES string of the molecule is C[C@H](OC(=O)Cc1ccc(Cl)cc1Cl)C(=O)N1c2ccccc2C[C@H]1C. The number of halogens is 2. The van der Waals surface area contributed by atoms with E-state index in [1.165, 1.54) is 0 Å². The second-order valence-corrected chi connectivity index (χ2v) is 7.28. The Morgan fingerprint density at radius 1 is 1.23 bits per heavy atom. The van der Waals surface area contributed by atoms with Crippen molar-refractivity contribution < 1.29 is 14.3 Å². The highest BCUT2D eigenvalue weighted by Crippen LogP contribution is 2.32. The highest BCUT2D eigenvalue weighted by Gasteiger charge is 2.34. The standard InChI is InChI=1S/C20H19Cl2NO3/c1-12-9-15-5-3-4-6-18(15)23(12)20(25)13(2)26-19(24)10-14-7-8-16(21)11-17(14)22/h3-8,11-13H,9-10H2,1-2H3/t12-,13+/m1/s1. The molecule has 6 heteroatoms. The van der Waals surface area contributed by atoms with Gasteiger partial charge >= 0.3 is 5.97 Å². The molecule has 4 nitrogen and oxygen atoms in total. The van der Waals surface area contributed by atoms with Gasteiger partial charge in [0.15, 0.2) is 6.10 Å². The minimum absolute atomic E-state index is 0.0141. The Hall–Kier alpha value is -2.04. The van der Waals surface area contributed by atoms with Crippen LogP contribution in [0.4, 0.5) is 5.69 Å². The molecule has 0 aliphatic carbocycles. The Balaban J connectivity index is 1.67. The lowest BCUT2D eigenvalue weighted by Crippen LogP contribution is -2.43. The molecule has 2 atom stereocenters. The van der Waals surface area contributed by atoms with Crippen LogP contribution in [0.2, 0.25) is 10.0 Å². The van der Waals surface area contributed by atoms with Crippen molar-refractivity contribution >= 4 is 40.8 Å². The number of amides is 1. The van der Waals surface area contributed by atoms with Crippen molar-refractivity contribution in [2.45, 2.75) is 38.8 Å². The Kier molecular flexibility index (Phi) is 5.54. The second-order valence-electron chi connectivity index (χ2n) is 6.43. The first kappa shape index (κ1) is 18.7.